The fraction of sp³-hybridized carbons (Fsp3) is 0.500. The minimum Gasteiger partial charge on any atom is -0.496 e. The van der Waals surface area contributed by atoms with E-state index in [0.717, 1.165) is 16.6 Å². The lowest BCUT2D eigenvalue weighted by atomic mass is 9.93. The minimum absolute atomic E-state index is 0.433. The Balaban J connectivity index is 3.17. The highest BCUT2D eigenvalue weighted by molar-refractivity contribution is 9.10. The van der Waals surface area contributed by atoms with E-state index in [1.165, 1.54) is 11.1 Å². The third-order valence-electron chi connectivity index (χ3n) is 2.72. The quantitative estimate of drug-likeness (QED) is 0.913. The van der Waals surface area contributed by atoms with Crippen molar-refractivity contribution in [2.75, 3.05) is 13.7 Å². The highest BCUT2D eigenvalue weighted by atomic mass is 79.9. The first-order valence-electron chi connectivity index (χ1n) is 5.14. The first kappa shape index (κ1) is 12.5. The van der Waals surface area contributed by atoms with Gasteiger partial charge in [0.15, 0.2) is 0 Å². The summed E-state index contributed by atoms with van der Waals surface area (Å²) >= 11 is 3.54. The van der Waals surface area contributed by atoms with Crippen molar-refractivity contribution >= 4 is 15.9 Å². The lowest BCUT2D eigenvalue weighted by molar-refractivity contribution is 0.405. The van der Waals surface area contributed by atoms with E-state index < -0.39 is 0 Å². The maximum atomic E-state index is 5.59. The second-order valence-electron chi connectivity index (χ2n) is 3.77. The molecule has 1 aromatic rings. The van der Waals surface area contributed by atoms with Crippen LogP contribution >= 0.6 is 15.9 Å². The Hall–Kier alpha value is -0.540. The summed E-state index contributed by atoms with van der Waals surface area (Å²) in [6.45, 7) is 5.00. The average Bonchev–Trinajstić information content (AvgIpc) is 2.22. The Kier molecular flexibility index (Phi) is 4.61. The number of nitrogens with two attached hydrogens (primary N) is 1. The van der Waals surface area contributed by atoms with Crippen molar-refractivity contribution in [3.05, 3.63) is 27.7 Å². The number of rotatable bonds is 4. The maximum absolute atomic E-state index is 5.59. The third kappa shape index (κ3) is 2.73. The Morgan fingerprint density at radius 2 is 2.13 bits per heavy atom. The Morgan fingerprint density at radius 3 is 2.67 bits per heavy atom. The van der Waals surface area contributed by atoms with Gasteiger partial charge in [0, 0.05) is 10.0 Å². The summed E-state index contributed by atoms with van der Waals surface area (Å²) in [5, 5.41) is 0. The van der Waals surface area contributed by atoms with Crippen LogP contribution in [0.4, 0.5) is 0 Å². The zero-order chi connectivity index (χ0) is 11.4. The monoisotopic (exact) mass is 271 g/mol. The van der Waals surface area contributed by atoms with Crippen LogP contribution < -0.4 is 10.5 Å². The number of hydrogen-bond donors (Lipinski definition) is 1. The molecule has 3 heteroatoms. The summed E-state index contributed by atoms with van der Waals surface area (Å²) in [5.74, 6) is 1.39. The van der Waals surface area contributed by atoms with Crippen LogP contribution in [-0.4, -0.2) is 13.7 Å². The molecule has 15 heavy (non-hydrogen) atoms. The highest BCUT2D eigenvalue weighted by Crippen LogP contribution is 2.35. The van der Waals surface area contributed by atoms with Crippen molar-refractivity contribution in [1.29, 1.82) is 0 Å². The second-order valence-corrected chi connectivity index (χ2v) is 4.62. The standard InChI is InChI=1S/C12H18BrNO/c1-8(6-7-14)12-9(2)10(13)4-5-11(12)15-3/h4-5,8H,6-7,14H2,1-3H3. The van der Waals surface area contributed by atoms with Crippen LogP contribution in [0.5, 0.6) is 5.75 Å². The van der Waals surface area contributed by atoms with Gasteiger partial charge in [0.05, 0.1) is 7.11 Å². The lowest BCUT2D eigenvalue weighted by Gasteiger charge is -2.18. The van der Waals surface area contributed by atoms with E-state index in [-0.39, 0.29) is 0 Å². The van der Waals surface area contributed by atoms with Gasteiger partial charge in [-0.25, -0.2) is 0 Å². The largest absolute Gasteiger partial charge is 0.496 e. The van der Waals surface area contributed by atoms with Gasteiger partial charge in [-0.15, -0.1) is 0 Å². The molecule has 0 saturated heterocycles. The summed E-state index contributed by atoms with van der Waals surface area (Å²) in [7, 11) is 1.71. The molecule has 0 aliphatic rings. The van der Waals surface area contributed by atoms with Crippen molar-refractivity contribution in [2.45, 2.75) is 26.2 Å². The van der Waals surface area contributed by atoms with E-state index in [1.807, 2.05) is 12.1 Å². The number of ether oxygens (including phenoxy) is 1. The molecule has 0 fully saturated rings. The first-order valence-corrected chi connectivity index (χ1v) is 5.94. The number of halogens is 1. The Morgan fingerprint density at radius 1 is 1.47 bits per heavy atom. The van der Waals surface area contributed by atoms with Crippen molar-refractivity contribution in [1.82, 2.24) is 0 Å². The molecule has 2 nitrogen and oxygen atoms in total. The molecule has 1 unspecified atom stereocenters. The van der Waals surface area contributed by atoms with Crippen LogP contribution in [0.3, 0.4) is 0 Å². The van der Waals surface area contributed by atoms with Crippen molar-refractivity contribution < 1.29 is 4.74 Å². The molecule has 1 atom stereocenters. The fourth-order valence-electron chi connectivity index (χ4n) is 1.86. The van der Waals surface area contributed by atoms with Gasteiger partial charge >= 0.3 is 0 Å². The SMILES string of the molecule is COc1ccc(Br)c(C)c1C(C)CCN. The van der Waals surface area contributed by atoms with Gasteiger partial charge in [-0.3, -0.25) is 0 Å². The molecule has 0 spiro atoms. The first-order chi connectivity index (χ1) is 7.11. The van der Waals surface area contributed by atoms with Gasteiger partial charge < -0.3 is 10.5 Å². The van der Waals surface area contributed by atoms with E-state index in [1.54, 1.807) is 7.11 Å². The van der Waals surface area contributed by atoms with Gasteiger partial charge in [0.25, 0.3) is 0 Å². The summed E-state index contributed by atoms with van der Waals surface area (Å²) in [6.07, 6.45) is 0.980. The minimum atomic E-state index is 0.433. The molecule has 0 aliphatic carbocycles. The molecular formula is C12H18BrNO. The van der Waals surface area contributed by atoms with Crippen LogP contribution in [-0.2, 0) is 0 Å². The fourth-order valence-corrected chi connectivity index (χ4v) is 2.21. The Bertz CT molecular complexity index is 339. The van der Waals surface area contributed by atoms with Crippen molar-refractivity contribution in [3.63, 3.8) is 0 Å². The van der Waals surface area contributed by atoms with Crippen LogP contribution in [0.25, 0.3) is 0 Å². The van der Waals surface area contributed by atoms with E-state index >= 15 is 0 Å². The molecule has 0 aromatic heterocycles. The topological polar surface area (TPSA) is 35.2 Å². The zero-order valence-corrected chi connectivity index (χ0v) is 11.1. The summed E-state index contributed by atoms with van der Waals surface area (Å²) in [5.41, 5.74) is 8.10. The smallest absolute Gasteiger partial charge is 0.122 e. The van der Waals surface area contributed by atoms with Crippen LogP contribution in [0.2, 0.25) is 0 Å². The van der Waals surface area contributed by atoms with Crippen molar-refractivity contribution in [3.8, 4) is 5.75 Å². The van der Waals surface area contributed by atoms with E-state index in [0.29, 0.717) is 12.5 Å². The molecule has 0 heterocycles. The van der Waals surface area contributed by atoms with Gasteiger partial charge in [-0.05, 0) is 43.5 Å². The molecule has 1 rings (SSSR count). The lowest BCUT2D eigenvalue weighted by Crippen LogP contribution is -2.07. The van der Waals surface area contributed by atoms with Crippen LogP contribution in [0.1, 0.15) is 30.4 Å². The molecule has 0 aliphatic heterocycles. The highest BCUT2D eigenvalue weighted by Gasteiger charge is 2.15. The number of benzene rings is 1. The summed E-state index contributed by atoms with van der Waals surface area (Å²) in [4.78, 5) is 0. The maximum Gasteiger partial charge on any atom is 0.122 e. The number of hydrogen-bond acceptors (Lipinski definition) is 2. The normalized spacial score (nSPS) is 12.6. The molecule has 0 amide bonds. The summed E-state index contributed by atoms with van der Waals surface area (Å²) in [6, 6.07) is 4.02. The second kappa shape index (κ2) is 5.52. The predicted molar refractivity (Wildman–Crippen MR) is 67.5 cm³/mol. The number of methoxy groups -OCH3 is 1. The molecule has 84 valence electrons. The molecule has 0 radical (unpaired) electrons. The van der Waals surface area contributed by atoms with E-state index in [2.05, 4.69) is 29.8 Å². The van der Waals surface area contributed by atoms with Crippen LogP contribution in [0, 0.1) is 6.92 Å². The Labute approximate surface area is 99.9 Å². The molecular weight excluding hydrogens is 254 g/mol. The van der Waals surface area contributed by atoms with Gasteiger partial charge in [0.1, 0.15) is 5.75 Å². The predicted octanol–water partition coefficient (Wildman–Crippen LogP) is 3.22. The van der Waals surface area contributed by atoms with Crippen LogP contribution in [0.15, 0.2) is 16.6 Å². The van der Waals surface area contributed by atoms with Crippen molar-refractivity contribution in [2.24, 2.45) is 5.73 Å². The van der Waals surface area contributed by atoms with Gasteiger partial charge in [0.2, 0.25) is 0 Å². The zero-order valence-electron chi connectivity index (χ0n) is 9.51. The van der Waals surface area contributed by atoms with E-state index in [4.69, 9.17) is 10.5 Å². The van der Waals surface area contributed by atoms with Gasteiger partial charge in [-0.2, -0.15) is 0 Å². The molecule has 2 N–H and O–H groups in total. The molecule has 0 bridgehead atoms. The van der Waals surface area contributed by atoms with E-state index in [9.17, 15) is 0 Å². The molecule has 0 saturated carbocycles. The summed E-state index contributed by atoms with van der Waals surface area (Å²) < 4.78 is 6.51. The average molecular weight is 272 g/mol. The third-order valence-corrected chi connectivity index (χ3v) is 3.58. The van der Waals surface area contributed by atoms with Gasteiger partial charge in [-0.1, -0.05) is 22.9 Å². The molecule has 1 aromatic carbocycles.